The van der Waals surface area contributed by atoms with Crippen LogP contribution in [0.4, 0.5) is 10.1 Å². The summed E-state index contributed by atoms with van der Waals surface area (Å²) in [6, 6.07) is 22.9. The van der Waals surface area contributed by atoms with Crippen LogP contribution in [0.3, 0.4) is 0 Å². The van der Waals surface area contributed by atoms with Gasteiger partial charge in [0.15, 0.2) is 0 Å². The van der Waals surface area contributed by atoms with Crippen LogP contribution in [0.15, 0.2) is 66.7 Å². The lowest BCUT2D eigenvalue weighted by atomic mass is 9.72. The van der Waals surface area contributed by atoms with Gasteiger partial charge in [0, 0.05) is 5.69 Å². The van der Waals surface area contributed by atoms with Gasteiger partial charge in [0.25, 0.3) is 0 Å². The summed E-state index contributed by atoms with van der Waals surface area (Å²) in [7, 11) is 0. The number of benzene rings is 3. The molecule has 2 heteroatoms. The maximum atomic E-state index is 13.7. The number of anilines is 1. The van der Waals surface area contributed by atoms with E-state index in [1.165, 1.54) is 28.3 Å². The van der Waals surface area contributed by atoms with Gasteiger partial charge in [0.2, 0.25) is 0 Å². The number of rotatable bonds is 2. The molecule has 0 fully saturated rings. The molecular formula is C27H30FN. The third kappa shape index (κ3) is 3.94. The molecule has 0 radical (unpaired) electrons. The molecule has 0 aromatic heterocycles. The zero-order valence-corrected chi connectivity index (χ0v) is 18.0. The van der Waals surface area contributed by atoms with Crippen LogP contribution in [-0.2, 0) is 11.8 Å². The van der Waals surface area contributed by atoms with E-state index in [0.29, 0.717) is 0 Å². The lowest BCUT2D eigenvalue weighted by Crippen LogP contribution is -2.35. The molecule has 3 aromatic rings. The lowest BCUT2D eigenvalue weighted by Gasteiger charge is -2.41. The van der Waals surface area contributed by atoms with Crippen LogP contribution in [0.1, 0.15) is 57.4 Å². The van der Waals surface area contributed by atoms with Crippen molar-refractivity contribution in [2.45, 2.75) is 52.5 Å². The van der Waals surface area contributed by atoms with E-state index in [4.69, 9.17) is 0 Å². The fraction of sp³-hybridized carbons (Fsp3) is 0.333. The van der Waals surface area contributed by atoms with E-state index in [9.17, 15) is 4.39 Å². The van der Waals surface area contributed by atoms with Crippen molar-refractivity contribution in [1.29, 1.82) is 0 Å². The van der Waals surface area contributed by atoms with Gasteiger partial charge >= 0.3 is 0 Å². The minimum Gasteiger partial charge on any atom is -0.377 e. The zero-order chi connectivity index (χ0) is 20.8. The molecule has 0 saturated heterocycles. The van der Waals surface area contributed by atoms with Gasteiger partial charge in [0.05, 0.1) is 6.04 Å². The van der Waals surface area contributed by atoms with E-state index < -0.39 is 0 Å². The summed E-state index contributed by atoms with van der Waals surface area (Å²) < 4.78 is 13.7. The van der Waals surface area contributed by atoms with Crippen molar-refractivity contribution >= 4 is 5.69 Å². The summed E-state index contributed by atoms with van der Waals surface area (Å²) in [6.07, 6.45) is 0.849. The van der Waals surface area contributed by atoms with Crippen LogP contribution < -0.4 is 5.32 Å². The SMILES string of the molecule is CC(C)(C)c1ccc(-c2cccc(C3Nc4ccc(F)cc4CC3(C)C)c2)cc1. The van der Waals surface area contributed by atoms with Crippen molar-refractivity contribution < 1.29 is 4.39 Å². The number of hydrogen-bond acceptors (Lipinski definition) is 1. The molecule has 0 spiro atoms. The molecule has 1 heterocycles. The standard InChI is InChI=1S/C27H30FN/c1-26(2,3)22-11-9-18(10-12-22)19-7-6-8-20(15-19)25-27(4,5)17-21-16-23(28)13-14-24(21)29-25/h6-16,25,29H,17H2,1-5H3. The normalized spacial score (nSPS) is 18.1. The Morgan fingerprint density at radius 1 is 0.897 bits per heavy atom. The highest BCUT2D eigenvalue weighted by Crippen LogP contribution is 2.45. The van der Waals surface area contributed by atoms with E-state index in [2.05, 4.69) is 88.5 Å². The summed E-state index contributed by atoms with van der Waals surface area (Å²) in [6.45, 7) is 11.2. The van der Waals surface area contributed by atoms with Crippen LogP contribution in [-0.4, -0.2) is 0 Å². The maximum absolute atomic E-state index is 13.7. The quantitative estimate of drug-likeness (QED) is 0.479. The van der Waals surface area contributed by atoms with Crippen molar-refractivity contribution in [2.75, 3.05) is 5.32 Å². The molecule has 4 rings (SSSR count). The monoisotopic (exact) mass is 387 g/mol. The molecule has 1 aliphatic rings. The summed E-state index contributed by atoms with van der Waals surface area (Å²) in [5.41, 5.74) is 7.30. The fourth-order valence-electron chi connectivity index (χ4n) is 4.39. The second-order valence-electron chi connectivity index (χ2n) is 10.00. The highest BCUT2D eigenvalue weighted by Gasteiger charge is 2.36. The van der Waals surface area contributed by atoms with Crippen LogP contribution in [0, 0.1) is 11.2 Å². The summed E-state index contributed by atoms with van der Waals surface area (Å²) >= 11 is 0. The topological polar surface area (TPSA) is 12.0 Å². The summed E-state index contributed by atoms with van der Waals surface area (Å²) in [5, 5.41) is 3.67. The first-order valence-electron chi connectivity index (χ1n) is 10.4. The third-order valence-electron chi connectivity index (χ3n) is 6.10. The molecule has 150 valence electrons. The van der Waals surface area contributed by atoms with Gasteiger partial charge in [-0.15, -0.1) is 0 Å². The van der Waals surface area contributed by atoms with E-state index in [0.717, 1.165) is 17.7 Å². The largest absolute Gasteiger partial charge is 0.377 e. The first-order chi connectivity index (χ1) is 13.6. The first-order valence-corrected chi connectivity index (χ1v) is 10.4. The third-order valence-corrected chi connectivity index (χ3v) is 6.10. The number of halogens is 1. The minimum atomic E-state index is -0.166. The maximum Gasteiger partial charge on any atom is 0.123 e. The molecule has 1 N–H and O–H groups in total. The highest BCUT2D eigenvalue weighted by atomic mass is 19.1. The van der Waals surface area contributed by atoms with Gasteiger partial charge in [-0.25, -0.2) is 4.39 Å². The summed E-state index contributed by atoms with van der Waals surface area (Å²) in [4.78, 5) is 0. The minimum absolute atomic E-state index is 0.0183. The molecule has 0 bridgehead atoms. The van der Waals surface area contributed by atoms with Gasteiger partial charge in [-0.2, -0.15) is 0 Å². The molecule has 1 unspecified atom stereocenters. The van der Waals surface area contributed by atoms with Crippen molar-refractivity contribution in [3.05, 3.63) is 89.2 Å². The smallest absolute Gasteiger partial charge is 0.123 e. The number of hydrogen-bond donors (Lipinski definition) is 1. The Labute approximate surface area is 174 Å². The Bertz CT molecular complexity index is 1030. The average Bonchev–Trinajstić information content (AvgIpc) is 2.66. The van der Waals surface area contributed by atoms with Crippen LogP contribution in [0.5, 0.6) is 0 Å². The molecule has 1 atom stereocenters. The predicted octanol–water partition coefficient (Wildman–Crippen LogP) is 7.53. The summed E-state index contributed by atoms with van der Waals surface area (Å²) in [5.74, 6) is -0.166. The van der Waals surface area contributed by atoms with Crippen molar-refractivity contribution in [2.24, 2.45) is 5.41 Å². The van der Waals surface area contributed by atoms with E-state index in [1.54, 1.807) is 6.07 Å². The molecule has 29 heavy (non-hydrogen) atoms. The number of fused-ring (bicyclic) bond motifs is 1. The van der Waals surface area contributed by atoms with Gasteiger partial charge in [-0.1, -0.05) is 77.1 Å². The molecule has 0 amide bonds. The van der Waals surface area contributed by atoms with Crippen molar-refractivity contribution in [3.63, 3.8) is 0 Å². The van der Waals surface area contributed by atoms with Gasteiger partial charge in [-0.05, 0) is 69.3 Å². The van der Waals surface area contributed by atoms with Crippen LogP contribution in [0.25, 0.3) is 11.1 Å². The van der Waals surface area contributed by atoms with Crippen LogP contribution >= 0.6 is 0 Å². The van der Waals surface area contributed by atoms with Crippen LogP contribution in [0.2, 0.25) is 0 Å². The molecule has 0 aliphatic carbocycles. The fourth-order valence-corrected chi connectivity index (χ4v) is 4.39. The second kappa shape index (κ2) is 7.02. The predicted molar refractivity (Wildman–Crippen MR) is 121 cm³/mol. The van der Waals surface area contributed by atoms with Gasteiger partial charge in [-0.3, -0.25) is 0 Å². The Morgan fingerprint density at radius 2 is 1.62 bits per heavy atom. The molecule has 3 aromatic carbocycles. The second-order valence-corrected chi connectivity index (χ2v) is 10.00. The van der Waals surface area contributed by atoms with E-state index in [-0.39, 0.29) is 22.7 Å². The Hall–Kier alpha value is -2.61. The number of nitrogens with one attached hydrogen (secondary N) is 1. The van der Waals surface area contributed by atoms with E-state index in [1.807, 2.05) is 6.07 Å². The average molecular weight is 388 g/mol. The molecule has 0 saturated carbocycles. The van der Waals surface area contributed by atoms with Crippen molar-refractivity contribution in [3.8, 4) is 11.1 Å². The Morgan fingerprint density at radius 3 is 2.31 bits per heavy atom. The lowest BCUT2D eigenvalue weighted by molar-refractivity contribution is 0.294. The zero-order valence-electron chi connectivity index (χ0n) is 18.0. The van der Waals surface area contributed by atoms with Crippen molar-refractivity contribution in [1.82, 2.24) is 0 Å². The van der Waals surface area contributed by atoms with E-state index >= 15 is 0 Å². The highest BCUT2D eigenvalue weighted by molar-refractivity contribution is 5.66. The molecule has 1 aliphatic heterocycles. The van der Waals surface area contributed by atoms with Gasteiger partial charge in [0.1, 0.15) is 5.82 Å². The van der Waals surface area contributed by atoms with Gasteiger partial charge < -0.3 is 5.32 Å². The Kier molecular flexibility index (Phi) is 4.77. The first kappa shape index (κ1) is 19.7. The molecule has 1 nitrogen and oxygen atoms in total. The molecular weight excluding hydrogens is 357 g/mol. The Balaban J connectivity index is 1.67.